The van der Waals surface area contributed by atoms with Crippen LogP contribution in [0.3, 0.4) is 0 Å². The smallest absolute Gasteiger partial charge is 0.267 e. The van der Waals surface area contributed by atoms with E-state index in [4.69, 9.17) is 5.73 Å². The molecule has 2 N–H and O–H groups in total. The van der Waals surface area contributed by atoms with E-state index in [0.29, 0.717) is 5.69 Å². The van der Waals surface area contributed by atoms with Crippen LogP contribution in [0.4, 0.5) is 0 Å². The normalized spacial score (nSPS) is 16.8. The third-order valence-electron chi connectivity index (χ3n) is 2.68. The first kappa shape index (κ1) is 10.1. The molecule has 0 radical (unpaired) electrons. The maximum atomic E-state index is 10.8. The van der Waals surface area contributed by atoms with Crippen LogP contribution >= 0.6 is 0 Å². The monoisotopic (exact) mass is 205 g/mol. The van der Waals surface area contributed by atoms with E-state index >= 15 is 0 Å². The summed E-state index contributed by atoms with van der Waals surface area (Å²) in [6.07, 6.45) is 4.30. The van der Waals surface area contributed by atoms with E-state index in [1.165, 1.54) is 12.8 Å². The third-order valence-corrected chi connectivity index (χ3v) is 2.68. The fourth-order valence-electron chi connectivity index (χ4n) is 1.86. The number of hydrogen-bond acceptors (Lipinski definition) is 3. The van der Waals surface area contributed by atoms with Crippen LogP contribution in [0.2, 0.25) is 0 Å². The lowest BCUT2D eigenvalue weighted by atomic mass is 10.2. The van der Waals surface area contributed by atoms with E-state index in [1.54, 1.807) is 12.3 Å². The lowest BCUT2D eigenvalue weighted by Gasteiger charge is -2.13. The summed E-state index contributed by atoms with van der Waals surface area (Å²) >= 11 is 0. The highest BCUT2D eigenvalue weighted by Gasteiger charge is 2.11. The topological polar surface area (TPSA) is 59.2 Å². The second-order valence-corrected chi connectivity index (χ2v) is 3.90. The summed E-state index contributed by atoms with van der Waals surface area (Å²) in [6.45, 7) is 3.25. The molecule has 1 fully saturated rings. The Labute approximate surface area is 89.1 Å². The lowest BCUT2D eigenvalue weighted by molar-refractivity contribution is 0.0995. The summed E-state index contributed by atoms with van der Waals surface area (Å²) in [6, 6.07) is 3.61. The highest BCUT2D eigenvalue weighted by molar-refractivity contribution is 5.90. The minimum Gasteiger partial charge on any atom is -0.364 e. The highest BCUT2D eigenvalue weighted by Crippen LogP contribution is 2.11. The number of rotatable bonds is 3. The van der Waals surface area contributed by atoms with E-state index in [1.807, 2.05) is 6.07 Å². The maximum absolute atomic E-state index is 10.8. The molecule has 1 aliphatic rings. The third kappa shape index (κ3) is 2.53. The van der Waals surface area contributed by atoms with E-state index in [9.17, 15) is 4.79 Å². The average Bonchev–Trinajstić information content (AvgIpc) is 2.71. The number of carbonyl (C=O) groups excluding carboxylic acids is 1. The second-order valence-electron chi connectivity index (χ2n) is 3.90. The zero-order chi connectivity index (χ0) is 10.7. The van der Waals surface area contributed by atoms with Crippen LogP contribution < -0.4 is 5.73 Å². The van der Waals surface area contributed by atoms with Crippen LogP contribution in [0.15, 0.2) is 18.3 Å². The van der Waals surface area contributed by atoms with Crippen molar-refractivity contribution in [1.29, 1.82) is 0 Å². The molecule has 1 aromatic rings. The van der Waals surface area contributed by atoms with Gasteiger partial charge in [-0.25, -0.2) is 0 Å². The minimum atomic E-state index is -0.470. The summed E-state index contributed by atoms with van der Waals surface area (Å²) in [5.74, 6) is -0.470. The predicted octanol–water partition coefficient (Wildman–Crippen LogP) is 0.776. The van der Waals surface area contributed by atoms with Gasteiger partial charge >= 0.3 is 0 Å². The molecule has 0 atom stereocenters. The number of carbonyl (C=O) groups is 1. The van der Waals surface area contributed by atoms with Gasteiger partial charge in [0.2, 0.25) is 0 Å². The summed E-state index contributed by atoms with van der Waals surface area (Å²) in [5.41, 5.74) is 6.59. The van der Waals surface area contributed by atoms with Gasteiger partial charge in [0, 0.05) is 12.7 Å². The van der Waals surface area contributed by atoms with Gasteiger partial charge in [-0.05, 0) is 37.6 Å². The number of hydrogen-bond donors (Lipinski definition) is 1. The summed E-state index contributed by atoms with van der Waals surface area (Å²) in [7, 11) is 0. The average molecular weight is 205 g/mol. The predicted molar refractivity (Wildman–Crippen MR) is 57.3 cm³/mol. The Hall–Kier alpha value is -1.42. The number of pyridine rings is 1. The van der Waals surface area contributed by atoms with E-state index in [2.05, 4.69) is 9.88 Å². The first-order valence-electron chi connectivity index (χ1n) is 5.23. The van der Waals surface area contributed by atoms with E-state index < -0.39 is 5.91 Å². The number of primary amides is 1. The number of nitrogens with two attached hydrogens (primary N) is 1. The zero-order valence-electron chi connectivity index (χ0n) is 8.65. The Balaban J connectivity index is 2.00. The zero-order valence-corrected chi connectivity index (χ0v) is 8.65. The quantitative estimate of drug-likeness (QED) is 0.793. The molecule has 80 valence electrons. The Morgan fingerprint density at radius 3 is 2.67 bits per heavy atom. The fraction of sp³-hybridized carbons (Fsp3) is 0.455. The number of aromatic nitrogens is 1. The first-order chi connectivity index (χ1) is 7.25. The number of likely N-dealkylation sites (tertiary alicyclic amines) is 1. The molecule has 1 amide bonds. The van der Waals surface area contributed by atoms with Gasteiger partial charge in [0.1, 0.15) is 5.69 Å². The maximum Gasteiger partial charge on any atom is 0.267 e. The Bertz CT molecular complexity index is 341. The Kier molecular flexibility index (Phi) is 2.97. The molecule has 0 unspecified atom stereocenters. The van der Waals surface area contributed by atoms with Gasteiger partial charge in [-0.2, -0.15) is 0 Å². The summed E-state index contributed by atoms with van der Waals surface area (Å²) < 4.78 is 0. The highest BCUT2D eigenvalue weighted by atomic mass is 16.1. The molecule has 15 heavy (non-hydrogen) atoms. The Morgan fingerprint density at radius 2 is 2.13 bits per heavy atom. The molecule has 2 rings (SSSR count). The molecular weight excluding hydrogens is 190 g/mol. The molecule has 0 spiro atoms. The van der Waals surface area contributed by atoms with Gasteiger partial charge in [0.25, 0.3) is 5.91 Å². The van der Waals surface area contributed by atoms with Crippen molar-refractivity contribution in [1.82, 2.24) is 9.88 Å². The standard InChI is InChI=1S/C11H15N3O/c12-11(15)10-4-3-9(7-13-10)8-14-5-1-2-6-14/h3-4,7H,1-2,5-6,8H2,(H2,12,15). The van der Waals surface area contributed by atoms with Gasteiger partial charge < -0.3 is 5.73 Å². The van der Waals surface area contributed by atoms with Crippen LogP contribution in [-0.2, 0) is 6.54 Å². The Morgan fingerprint density at radius 1 is 1.40 bits per heavy atom. The van der Waals surface area contributed by atoms with E-state index in [0.717, 1.165) is 25.2 Å². The van der Waals surface area contributed by atoms with Crippen molar-refractivity contribution in [2.75, 3.05) is 13.1 Å². The van der Waals surface area contributed by atoms with Gasteiger partial charge in [-0.3, -0.25) is 14.7 Å². The lowest BCUT2D eigenvalue weighted by Crippen LogP contribution is -2.19. The van der Waals surface area contributed by atoms with Crippen molar-refractivity contribution in [3.63, 3.8) is 0 Å². The van der Waals surface area contributed by atoms with Gasteiger partial charge in [0.15, 0.2) is 0 Å². The molecule has 1 saturated heterocycles. The summed E-state index contributed by atoms with van der Waals surface area (Å²) in [4.78, 5) is 17.2. The molecule has 1 aromatic heterocycles. The molecule has 0 aliphatic carbocycles. The molecule has 0 saturated carbocycles. The van der Waals surface area contributed by atoms with Crippen molar-refractivity contribution in [3.05, 3.63) is 29.6 Å². The summed E-state index contributed by atoms with van der Waals surface area (Å²) in [5, 5.41) is 0. The van der Waals surface area contributed by atoms with Crippen molar-refractivity contribution in [2.45, 2.75) is 19.4 Å². The van der Waals surface area contributed by atoms with Crippen molar-refractivity contribution in [2.24, 2.45) is 5.73 Å². The molecule has 4 heteroatoms. The molecule has 4 nitrogen and oxygen atoms in total. The minimum absolute atomic E-state index is 0.333. The second kappa shape index (κ2) is 4.40. The van der Waals surface area contributed by atoms with Crippen LogP contribution in [0, 0.1) is 0 Å². The SMILES string of the molecule is NC(=O)c1ccc(CN2CCCC2)cn1. The molecular formula is C11H15N3O. The number of amides is 1. The van der Waals surface area contributed by atoms with Crippen LogP contribution in [-0.4, -0.2) is 28.9 Å². The van der Waals surface area contributed by atoms with Crippen LogP contribution in [0.1, 0.15) is 28.9 Å². The molecule has 2 heterocycles. The van der Waals surface area contributed by atoms with E-state index in [-0.39, 0.29) is 0 Å². The fourth-order valence-corrected chi connectivity index (χ4v) is 1.86. The first-order valence-corrected chi connectivity index (χ1v) is 5.23. The van der Waals surface area contributed by atoms with Crippen molar-refractivity contribution in [3.8, 4) is 0 Å². The van der Waals surface area contributed by atoms with Gasteiger partial charge in [-0.1, -0.05) is 6.07 Å². The van der Waals surface area contributed by atoms with Gasteiger partial charge in [-0.15, -0.1) is 0 Å². The van der Waals surface area contributed by atoms with Crippen LogP contribution in [0.5, 0.6) is 0 Å². The largest absolute Gasteiger partial charge is 0.364 e. The molecule has 0 aromatic carbocycles. The van der Waals surface area contributed by atoms with Crippen LogP contribution in [0.25, 0.3) is 0 Å². The van der Waals surface area contributed by atoms with Gasteiger partial charge in [0.05, 0.1) is 0 Å². The molecule has 1 aliphatic heterocycles. The van der Waals surface area contributed by atoms with Crippen molar-refractivity contribution >= 4 is 5.91 Å². The number of nitrogens with zero attached hydrogens (tertiary/aromatic N) is 2. The van der Waals surface area contributed by atoms with Crippen molar-refractivity contribution < 1.29 is 4.79 Å². The molecule has 0 bridgehead atoms.